The number of rotatable bonds is 8. The van der Waals surface area contributed by atoms with Gasteiger partial charge in [-0.3, -0.25) is 4.79 Å². The minimum atomic E-state index is -0.0146. The summed E-state index contributed by atoms with van der Waals surface area (Å²) < 4.78 is 5.22. The molecule has 1 atom stereocenters. The van der Waals surface area contributed by atoms with Crippen molar-refractivity contribution in [3.8, 4) is 10.7 Å². The summed E-state index contributed by atoms with van der Waals surface area (Å²) in [5.41, 5.74) is 0. The van der Waals surface area contributed by atoms with E-state index in [1.54, 1.807) is 22.7 Å². The molecule has 3 aromatic heterocycles. The highest BCUT2D eigenvalue weighted by Gasteiger charge is 2.17. The van der Waals surface area contributed by atoms with E-state index in [2.05, 4.69) is 31.8 Å². The fourth-order valence-electron chi connectivity index (χ4n) is 2.40. The van der Waals surface area contributed by atoms with Crippen molar-refractivity contribution in [2.75, 3.05) is 20.6 Å². The zero-order valence-electron chi connectivity index (χ0n) is 14.1. The Kier molecular flexibility index (Phi) is 5.95. The second-order valence-electron chi connectivity index (χ2n) is 5.79. The van der Waals surface area contributed by atoms with E-state index in [0.29, 0.717) is 31.1 Å². The molecule has 3 aromatic rings. The van der Waals surface area contributed by atoms with Crippen LogP contribution in [0.15, 0.2) is 39.5 Å². The monoisotopic (exact) mass is 376 g/mol. The van der Waals surface area contributed by atoms with E-state index in [4.69, 9.17) is 4.52 Å². The summed E-state index contributed by atoms with van der Waals surface area (Å²) in [5, 5.41) is 11.0. The second-order valence-corrected chi connectivity index (χ2v) is 7.71. The third kappa shape index (κ3) is 4.75. The molecule has 0 aromatic carbocycles. The zero-order valence-corrected chi connectivity index (χ0v) is 15.8. The number of carbonyl (C=O) groups is 1. The lowest BCUT2D eigenvalue weighted by Gasteiger charge is -2.23. The summed E-state index contributed by atoms with van der Waals surface area (Å²) >= 11 is 3.26. The maximum absolute atomic E-state index is 12.1. The Morgan fingerprint density at radius 1 is 1.28 bits per heavy atom. The van der Waals surface area contributed by atoms with Crippen LogP contribution in [-0.2, 0) is 11.2 Å². The number of nitrogens with one attached hydrogen (secondary N) is 1. The van der Waals surface area contributed by atoms with E-state index in [1.165, 1.54) is 4.88 Å². The van der Waals surface area contributed by atoms with Crippen molar-refractivity contribution in [1.82, 2.24) is 20.4 Å². The molecule has 0 fully saturated rings. The van der Waals surface area contributed by atoms with Gasteiger partial charge in [0, 0.05) is 24.3 Å². The van der Waals surface area contributed by atoms with E-state index in [1.807, 2.05) is 37.7 Å². The van der Waals surface area contributed by atoms with Gasteiger partial charge >= 0.3 is 0 Å². The van der Waals surface area contributed by atoms with Crippen LogP contribution in [0.1, 0.15) is 23.2 Å². The van der Waals surface area contributed by atoms with Crippen molar-refractivity contribution in [1.29, 1.82) is 0 Å². The number of thiophene rings is 2. The molecule has 0 bridgehead atoms. The normalized spacial score (nSPS) is 12.4. The minimum Gasteiger partial charge on any atom is -0.354 e. The first kappa shape index (κ1) is 17.8. The molecule has 0 radical (unpaired) electrons. The first-order valence-electron chi connectivity index (χ1n) is 7.96. The lowest BCUT2D eigenvalue weighted by molar-refractivity contribution is -0.121. The zero-order chi connectivity index (χ0) is 17.6. The van der Waals surface area contributed by atoms with Crippen LogP contribution < -0.4 is 5.32 Å². The fraction of sp³-hybridized carbons (Fsp3) is 0.353. The van der Waals surface area contributed by atoms with Gasteiger partial charge in [-0.05, 0) is 37.0 Å². The highest BCUT2D eigenvalue weighted by atomic mass is 32.1. The van der Waals surface area contributed by atoms with Crippen molar-refractivity contribution in [3.05, 3.63) is 45.8 Å². The van der Waals surface area contributed by atoms with Gasteiger partial charge in [0.1, 0.15) is 0 Å². The first-order chi connectivity index (χ1) is 12.1. The predicted molar refractivity (Wildman–Crippen MR) is 99.7 cm³/mol. The predicted octanol–water partition coefficient (Wildman–Crippen LogP) is 3.21. The first-order valence-corrected chi connectivity index (χ1v) is 9.72. The molecule has 0 unspecified atom stereocenters. The highest BCUT2D eigenvalue weighted by Crippen LogP contribution is 2.23. The van der Waals surface area contributed by atoms with Crippen LogP contribution in [0.2, 0.25) is 0 Å². The van der Waals surface area contributed by atoms with Crippen LogP contribution in [0.3, 0.4) is 0 Å². The maximum Gasteiger partial charge on any atom is 0.227 e. The fourth-order valence-corrected chi connectivity index (χ4v) is 3.97. The third-order valence-corrected chi connectivity index (χ3v) is 5.60. The second kappa shape index (κ2) is 8.37. The molecule has 0 saturated heterocycles. The molecular formula is C17H20N4O2S2. The Labute approximate surface area is 154 Å². The Morgan fingerprint density at radius 3 is 2.76 bits per heavy atom. The van der Waals surface area contributed by atoms with Gasteiger partial charge in [0.05, 0.1) is 10.9 Å². The molecule has 0 aliphatic rings. The molecule has 0 aliphatic heterocycles. The maximum atomic E-state index is 12.1. The highest BCUT2D eigenvalue weighted by molar-refractivity contribution is 7.13. The van der Waals surface area contributed by atoms with E-state index in [-0.39, 0.29) is 11.9 Å². The van der Waals surface area contributed by atoms with Crippen molar-refractivity contribution < 1.29 is 9.32 Å². The van der Waals surface area contributed by atoms with Gasteiger partial charge in [-0.15, -0.1) is 22.7 Å². The SMILES string of the molecule is CN(C)[C@@H](CNC(=O)CCc1nc(-c2cccs2)no1)c1cccs1. The van der Waals surface area contributed by atoms with Gasteiger partial charge in [-0.1, -0.05) is 17.3 Å². The number of nitrogens with zero attached hydrogens (tertiary/aromatic N) is 3. The van der Waals surface area contributed by atoms with E-state index >= 15 is 0 Å². The number of aromatic nitrogens is 2. The number of aryl methyl sites for hydroxylation is 1. The molecule has 0 aliphatic carbocycles. The van der Waals surface area contributed by atoms with Crippen LogP contribution >= 0.6 is 22.7 Å². The third-order valence-electron chi connectivity index (χ3n) is 3.76. The van der Waals surface area contributed by atoms with Gasteiger partial charge in [0.25, 0.3) is 0 Å². The van der Waals surface area contributed by atoms with Crippen molar-refractivity contribution >= 4 is 28.6 Å². The molecule has 1 amide bonds. The van der Waals surface area contributed by atoms with E-state index in [9.17, 15) is 4.79 Å². The van der Waals surface area contributed by atoms with Crippen molar-refractivity contribution in [2.45, 2.75) is 18.9 Å². The van der Waals surface area contributed by atoms with E-state index < -0.39 is 0 Å². The number of amides is 1. The van der Waals surface area contributed by atoms with Gasteiger partial charge in [0.2, 0.25) is 17.6 Å². The summed E-state index contributed by atoms with van der Waals surface area (Å²) in [4.78, 5) is 20.8. The van der Waals surface area contributed by atoms with Gasteiger partial charge in [-0.2, -0.15) is 4.98 Å². The Balaban J connectivity index is 1.48. The van der Waals surface area contributed by atoms with Gasteiger partial charge in [-0.25, -0.2) is 0 Å². The number of carbonyl (C=O) groups excluding carboxylic acids is 1. The molecule has 0 spiro atoms. The average molecular weight is 377 g/mol. The molecule has 0 saturated carbocycles. The summed E-state index contributed by atoms with van der Waals surface area (Å²) in [6.07, 6.45) is 0.770. The van der Waals surface area contributed by atoms with E-state index in [0.717, 1.165) is 4.88 Å². The van der Waals surface area contributed by atoms with Gasteiger partial charge in [0.15, 0.2) is 0 Å². The molecule has 25 heavy (non-hydrogen) atoms. The standard InChI is InChI=1S/C17H20N4O2S2/c1-21(2)12(13-5-3-9-24-13)11-18-15(22)7-8-16-19-17(20-23-16)14-6-4-10-25-14/h3-6,9-10,12H,7-8,11H2,1-2H3,(H,18,22)/t12-/m0/s1. The van der Waals surface area contributed by atoms with Crippen molar-refractivity contribution in [3.63, 3.8) is 0 Å². The van der Waals surface area contributed by atoms with Crippen LogP contribution in [0.25, 0.3) is 10.7 Å². The average Bonchev–Trinajstić information content (AvgIpc) is 3.33. The van der Waals surface area contributed by atoms with Gasteiger partial charge < -0.3 is 14.7 Å². The molecule has 3 rings (SSSR count). The summed E-state index contributed by atoms with van der Waals surface area (Å²) in [5.74, 6) is 1.05. The Bertz CT molecular complexity index is 782. The van der Waals surface area contributed by atoms with Crippen LogP contribution in [0.5, 0.6) is 0 Å². The summed E-state index contributed by atoms with van der Waals surface area (Å²) in [6, 6.07) is 8.18. The number of hydrogen-bond donors (Lipinski definition) is 1. The summed E-state index contributed by atoms with van der Waals surface area (Å²) in [7, 11) is 4.03. The summed E-state index contributed by atoms with van der Waals surface area (Å²) in [6.45, 7) is 0.580. The molecule has 6 nitrogen and oxygen atoms in total. The molecule has 1 N–H and O–H groups in total. The van der Waals surface area contributed by atoms with Crippen LogP contribution in [-0.4, -0.2) is 41.6 Å². The Morgan fingerprint density at radius 2 is 2.08 bits per heavy atom. The molecule has 8 heteroatoms. The molecule has 132 valence electrons. The topological polar surface area (TPSA) is 71.3 Å². The van der Waals surface area contributed by atoms with Crippen molar-refractivity contribution in [2.24, 2.45) is 0 Å². The number of likely N-dealkylation sites (N-methyl/N-ethyl adjacent to an activating group) is 1. The lowest BCUT2D eigenvalue weighted by atomic mass is 10.2. The quantitative estimate of drug-likeness (QED) is 0.654. The lowest BCUT2D eigenvalue weighted by Crippen LogP contribution is -2.34. The largest absolute Gasteiger partial charge is 0.354 e. The number of hydrogen-bond acceptors (Lipinski definition) is 7. The Hall–Kier alpha value is -2.03. The van der Waals surface area contributed by atoms with Crippen LogP contribution in [0.4, 0.5) is 0 Å². The molecule has 3 heterocycles. The van der Waals surface area contributed by atoms with Crippen LogP contribution in [0, 0.1) is 0 Å². The molecular weight excluding hydrogens is 356 g/mol. The smallest absolute Gasteiger partial charge is 0.227 e. The minimum absolute atomic E-state index is 0.0146.